The number of nitrogens with zero attached hydrogens (tertiary/aromatic N) is 3. The van der Waals surface area contributed by atoms with E-state index < -0.39 is 0 Å². The number of ether oxygens (including phenoxy) is 1. The number of hydrogen-bond donors (Lipinski definition) is 0. The van der Waals surface area contributed by atoms with Gasteiger partial charge in [-0.15, -0.1) is 0 Å². The highest BCUT2D eigenvalue weighted by Gasteiger charge is 2.27. The van der Waals surface area contributed by atoms with E-state index in [2.05, 4.69) is 84.0 Å². The minimum Gasteiger partial charge on any atom is -0.487 e. The largest absolute Gasteiger partial charge is 0.487 e. The van der Waals surface area contributed by atoms with Gasteiger partial charge in [-0.05, 0) is 63.8 Å². The Morgan fingerprint density at radius 3 is 2.13 bits per heavy atom. The Morgan fingerprint density at radius 2 is 1.47 bits per heavy atom. The third-order valence-electron chi connectivity index (χ3n) is 6.47. The summed E-state index contributed by atoms with van der Waals surface area (Å²) in [4.78, 5) is 7.65. The Kier molecular flexibility index (Phi) is 6.52. The smallest absolute Gasteiger partial charge is 0.143 e. The molecule has 2 aromatic carbocycles. The molecule has 0 atom stereocenters. The van der Waals surface area contributed by atoms with Crippen molar-refractivity contribution in [2.75, 3.05) is 49.1 Å². The second kappa shape index (κ2) is 9.30. The van der Waals surface area contributed by atoms with Gasteiger partial charge in [-0.2, -0.15) is 0 Å². The molecule has 0 radical (unpaired) electrons. The molecule has 2 saturated heterocycles. The highest BCUT2D eigenvalue weighted by molar-refractivity contribution is 5.67. The molecule has 0 aliphatic carbocycles. The molecule has 0 saturated carbocycles. The van der Waals surface area contributed by atoms with Crippen molar-refractivity contribution >= 4 is 11.4 Å². The molecule has 0 unspecified atom stereocenters. The maximum absolute atomic E-state index is 6.34. The molecular formula is C26H37N3O. The fourth-order valence-electron chi connectivity index (χ4n) is 4.58. The summed E-state index contributed by atoms with van der Waals surface area (Å²) in [6.45, 7) is 14.2. The van der Waals surface area contributed by atoms with E-state index in [1.165, 1.54) is 49.3 Å². The number of piperazine rings is 1. The van der Waals surface area contributed by atoms with E-state index in [0.29, 0.717) is 6.61 Å². The maximum atomic E-state index is 6.34. The quantitative estimate of drug-likeness (QED) is 0.680. The molecule has 162 valence electrons. The molecule has 2 aliphatic rings. The lowest BCUT2D eigenvalue weighted by molar-refractivity contribution is 0.128. The van der Waals surface area contributed by atoms with Gasteiger partial charge in [0, 0.05) is 50.5 Å². The number of benzene rings is 2. The molecule has 2 heterocycles. The molecule has 2 aliphatic heterocycles. The fourth-order valence-corrected chi connectivity index (χ4v) is 4.58. The van der Waals surface area contributed by atoms with Crippen LogP contribution in [0.4, 0.5) is 11.4 Å². The second-order valence-corrected chi connectivity index (χ2v) is 9.62. The lowest BCUT2D eigenvalue weighted by Crippen LogP contribution is -2.53. The fraction of sp³-hybridized carbons (Fsp3) is 0.538. The van der Waals surface area contributed by atoms with Crippen molar-refractivity contribution < 1.29 is 4.74 Å². The third-order valence-corrected chi connectivity index (χ3v) is 6.47. The van der Waals surface area contributed by atoms with Crippen LogP contribution in [-0.4, -0.2) is 49.7 Å². The summed E-state index contributed by atoms with van der Waals surface area (Å²) in [5.74, 6) is 1.00. The normalized spacial score (nSPS) is 18.5. The molecule has 4 heteroatoms. The maximum Gasteiger partial charge on any atom is 0.143 e. The highest BCUT2D eigenvalue weighted by Crippen LogP contribution is 2.35. The van der Waals surface area contributed by atoms with E-state index in [0.717, 1.165) is 31.9 Å². The summed E-state index contributed by atoms with van der Waals surface area (Å²) >= 11 is 0. The van der Waals surface area contributed by atoms with Gasteiger partial charge in [0.1, 0.15) is 12.4 Å². The Bertz CT molecular complexity index is 801. The van der Waals surface area contributed by atoms with Gasteiger partial charge >= 0.3 is 0 Å². The average molecular weight is 408 g/mol. The van der Waals surface area contributed by atoms with Crippen molar-refractivity contribution in [2.45, 2.75) is 52.2 Å². The molecule has 0 aromatic heterocycles. The zero-order chi connectivity index (χ0) is 21.0. The summed E-state index contributed by atoms with van der Waals surface area (Å²) in [6, 6.07) is 17.3. The monoisotopic (exact) mass is 407 g/mol. The average Bonchev–Trinajstić information content (AvgIpc) is 2.78. The van der Waals surface area contributed by atoms with Crippen molar-refractivity contribution in [3.63, 3.8) is 0 Å². The van der Waals surface area contributed by atoms with Gasteiger partial charge in [0.05, 0.1) is 5.69 Å². The van der Waals surface area contributed by atoms with Crippen molar-refractivity contribution in [2.24, 2.45) is 0 Å². The summed E-state index contributed by atoms with van der Waals surface area (Å²) in [6.07, 6.45) is 3.95. The van der Waals surface area contributed by atoms with Crippen LogP contribution in [-0.2, 0) is 6.61 Å². The summed E-state index contributed by atoms with van der Waals surface area (Å²) in [5.41, 5.74) is 4.03. The van der Waals surface area contributed by atoms with Crippen LogP contribution in [0.2, 0.25) is 0 Å². The lowest BCUT2D eigenvalue weighted by Gasteiger charge is -2.43. The minimum atomic E-state index is 0.231. The van der Waals surface area contributed by atoms with Gasteiger partial charge < -0.3 is 14.5 Å². The van der Waals surface area contributed by atoms with Crippen molar-refractivity contribution in [3.05, 3.63) is 54.1 Å². The number of hydrogen-bond acceptors (Lipinski definition) is 4. The first kappa shape index (κ1) is 21.0. The van der Waals surface area contributed by atoms with E-state index in [4.69, 9.17) is 4.74 Å². The van der Waals surface area contributed by atoms with Crippen LogP contribution < -0.4 is 14.5 Å². The topological polar surface area (TPSA) is 19.0 Å². The molecule has 2 aromatic rings. The van der Waals surface area contributed by atoms with Crippen LogP contribution in [0, 0.1) is 0 Å². The first-order chi connectivity index (χ1) is 14.5. The van der Waals surface area contributed by atoms with Gasteiger partial charge in [0.25, 0.3) is 0 Å². The molecule has 30 heavy (non-hydrogen) atoms. The summed E-state index contributed by atoms with van der Waals surface area (Å²) in [5, 5.41) is 0. The van der Waals surface area contributed by atoms with Crippen molar-refractivity contribution in [1.29, 1.82) is 0 Å². The van der Waals surface area contributed by atoms with Crippen LogP contribution in [0.5, 0.6) is 5.75 Å². The summed E-state index contributed by atoms with van der Waals surface area (Å²) in [7, 11) is 0. The first-order valence-corrected chi connectivity index (χ1v) is 11.6. The molecule has 0 spiro atoms. The third kappa shape index (κ3) is 5.10. The standard InChI is InChI=1S/C26H37N3O/c1-26(2,3)29-18-16-28(17-19-29)24-20-23(27-14-8-5-9-15-27)12-13-25(24)30-21-22-10-6-4-7-11-22/h4,6-7,10-13,20H,5,8-9,14-19,21H2,1-3H3. The van der Waals surface area contributed by atoms with Crippen LogP contribution in [0.15, 0.2) is 48.5 Å². The van der Waals surface area contributed by atoms with Gasteiger partial charge in [0.15, 0.2) is 0 Å². The Labute approximate surface area is 182 Å². The van der Waals surface area contributed by atoms with Crippen LogP contribution >= 0.6 is 0 Å². The second-order valence-electron chi connectivity index (χ2n) is 9.62. The molecule has 4 nitrogen and oxygen atoms in total. The van der Waals surface area contributed by atoms with E-state index in [1.54, 1.807) is 0 Å². The van der Waals surface area contributed by atoms with E-state index in [1.807, 2.05) is 0 Å². The summed E-state index contributed by atoms with van der Waals surface area (Å²) < 4.78 is 6.34. The molecule has 0 N–H and O–H groups in total. The zero-order valence-corrected chi connectivity index (χ0v) is 18.9. The number of piperidine rings is 1. The Hall–Kier alpha value is -2.20. The molecule has 2 fully saturated rings. The van der Waals surface area contributed by atoms with E-state index in [-0.39, 0.29) is 5.54 Å². The van der Waals surface area contributed by atoms with E-state index >= 15 is 0 Å². The molecule has 0 bridgehead atoms. The van der Waals surface area contributed by atoms with Gasteiger partial charge in [0.2, 0.25) is 0 Å². The van der Waals surface area contributed by atoms with Crippen LogP contribution in [0.25, 0.3) is 0 Å². The Morgan fingerprint density at radius 1 is 0.767 bits per heavy atom. The molecule has 0 amide bonds. The predicted octanol–water partition coefficient (Wildman–Crippen LogP) is 5.18. The van der Waals surface area contributed by atoms with Gasteiger partial charge in [-0.1, -0.05) is 30.3 Å². The molecular weight excluding hydrogens is 370 g/mol. The molecule has 4 rings (SSSR count). The SMILES string of the molecule is CC(C)(C)N1CCN(c2cc(N3CCCCC3)ccc2OCc2ccccc2)CC1. The lowest BCUT2D eigenvalue weighted by atomic mass is 10.0. The van der Waals surface area contributed by atoms with Gasteiger partial charge in [-0.25, -0.2) is 0 Å². The number of anilines is 2. The van der Waals surface area contributed by atoms with Gasteiger partial charge in [-0.3, -0.25) is 4.90 Å². The Balaban J connectivity index is 1.54. The highest BCUT2D eigenvalue weighted by atomic mass is 16.5. The number of rotatable bonds is 5. The predicted molar refractivity (Wildman–Crippen MR) is 127 cm³/mol. The zero-order valence-electron chi connectivity index (χ0n) is 18.9. The minimum absolute atomic E-state index is 0.231. The van der Waals surface area contributed by atoms with Crippen LogP contribution in [0.1, 0.15) is 45.6 Å². The van der Waals surface area contributed by atoms with Crippen molar-refractivity contribution in [3.8, 4) is 5.75 Å². The van der Waals surface area contributed by atoms with E-state index in [9.17, 15) is 0 Å². The van der Waals surface area contributed by atoms with Crippen LogP contribution in [0.3, 0.4) is 0 Å². The first-order valence-electron chi connectivity index (χ1n) is 11.6. The van der Waals surface area contributed by atoms with Crippen molar-refractivity contribution in [1.82, 2.24) is 4.90 Å².